The van der Waals surface area contributed by atoms with E-state index in [1.165, 1.54) is 19.3 Å². The number of benzene rings is 1. The first-order valence-electron chi connectivity index (χ1n) is 6.71. The van der Waals surface area contributed by atoms with E-state index in [0.29, 0.717) is 6.04 Å². The molecule has 18 heavy (non-hydrogen) atoms. The normalized spacial score (nSPS) is 24.3. The Kier molecular flexibility index (Phi) is 5.03. The second-order valence-corrected chi connectivity index (χ2v) is 6.54. The van der Waals surface area contributed by atoms with E-state index in [4.69, 9.17) is 0 Å². The molecule has 1 amide bonds. The van der Waals surface area contributed by atoms with Crippen LogP contribution in [0.15, 0.2) is 24.3 Å². The van der Waals surface area contributed by atoms with Crippen molar-refractivity contribution in [3.05, 3.63) is 33.4 Å². The molecule has 2 atom stereocenters. The molecule has 0 aromatic heterocycles. The minimum atomic E-state index is 0.0750. The number of amides is 1. The highest BCUT2D eigenvalue weighted by Crippen LogP contribution is 2.22. The van der Waals surface area contributed by atoms with Crippen LogP contribution in [0.3, 0.4) is 0 Å². The van der Waals surface area contributed by atoms with Crippen molar-refractivity contribution in [2.75, 3.05) is 0 Å². The molecule has 2 rings (SSSR count). The third-order valence-electron chi connectivity index (χ3n) is 3.70. The quantitative estimate of drug-likeness (QED) is 0.629. The fraction of sp³-hybridized carbons (Fsp3) is 0.533. The average molecular weight is 357 g/mol. The van der Waals surface area contributed by atoms with Gasteiger partial charge in [0.25, 0.3) is 5.91 Å². The number of carbonyl (C=O) groups excluding carboxylic acids is 1. The number of rotatable bonds is 2. The highest BCUT2D eigenvalue weighted by Gasteiger charge is 2.18. The molecule has 0 saturated heterocycles. The first kappa shape index (κ1) is 13.8. The second-order valence-electron chi connectivity index (χ2n) is 5.29. The number of hydrogen-bond donors (Lipinski definition) is 1. The maximum Gasteiger partial charge on any atom is 0.251 e. The van der Waals surface area contributed by atoms with Gasteiger partial charge in [-0.3, -0.25) is 4.79 Å². The Bertz CT molecular complexity index is 401. The van der Waals surface area contributed by atoms with E-state index in [1.807, 2.05) is 24.3 Å². The van der Waals surface area contributed by atoms with Crippen molar-refractivity contribution < 1.29 is 4.79 Å². The van der Waals surface area contributed by atoms with Gasteiger partial charge in [0.05, 0.1) is 0 Å². The van der Waals surface area contributed by atoms with Crippen LogP contribution in [-0.2, 0) is 0 Å². The molecule has 3 heteroatoms. The van der Waals surface area contributed by atoms with Crippen LogP contribution in [0, 0.1) is 9.49 Å². The van der Waals surface area contributed by atoms with E-state index >= 15 is 0 Å². The molecule has 1 aliphatic rings. The zero-order valence-corrected chi connectivity index (χ0v) is 12.9. The molecule has 1 aliphatic carbocycles. The van der Waals surface area contributed by atoms with Crippen LogP contribution in [-0.4, -0.2) is 11.9 Å². The van der Waals surface area contributed by atoms with E-state index in [9.17, 15) is 4.79 Å². The van der Waals surface area contributed by atoms with Gasteiger partial charge < -0.3 is 5.32 Å². The summed E-state index contributed by atoms with van der Waals surface area (Å²) in [5, 5.41) is 3.17. The van der Waals surface area contributed by atoms with Crippen LogP contribution in [0.1, 0.15) is 49.4 Å². The minimum Gasteiger partial charge on any atom is -0.349 e. The lowest BCUT2D eigenvalue weighted by molar-refractivity contribution is 0.0933. The zero-order valence-electron chi connectivity index (χ0n) is 10.8. The molecular formula is C15H20INO. The maximum absolute atomic E-state index is 12.1. The third kappa shape index (κ3) is 3.97. The molecule has 1 aromatic rings. The summed E-state index contributed by atoms with van der Waals surface area (Å²) in [6.45, 7) is 2.31. The van der Waals surface area contributed by atoms with Gasteiger partial charge in [-0.15, -0.1) is 0 Å². The van der Waals surface area contributed by atoms with Crippen molar-refractivity contribution in [3.8, 4) is 0 Å². The Hall–Kier alpha value is -0.580. The Balaban J connectivity index is 1.92. The SMILES string of the molecule is CC1CCCC(NC(=O)c2ccc(I)cc2)CC1. The third-order valence-corrected chi connectivity index (χ3v) is 4.42. The standard InChI is InChI=1S/C15H20INO/c1-11-3-2-4-14(10-5-11)17-15(18)12-6-8-13(16)9-7-12/h6-9,11,14H,2-5,10H2,1H3,(H,17,18). The predicted molar refractivity (Wildman–Crippen MR) is 82.7 cm³/mol. The molecule has 1 N–H and O–H groups in total. The summed E-state index contributed by atoms with van der Waals surface area (Å²) < 4.78 is 1.16. The molecule has 98 valence electrons. The van der Waals surface area contributed by atoms with Crippen LogP contribution in [0.4, 0.5) is 0 Å². The Morgan fingerprint density at radius 3 is 2.61 bits per heavy atom. The summed E-state index contributed by atoms with van der Waals surface area (Å²) in [5.74, 6) is 0.885. The predicted octanol–water partition coefficient (Wildman–Crippen LogP) is 3.99. The Morgan fingerprint density at radius 1 is 1.17 bits per heavy atom. The summed E-state index contributed by atoms with van der Waals surface area (Å²) in [5.41, 5.74) is 0.771. The minimum absolute atomic E-state index is 0.0750. The molecule has 0 radical (unpaired) electrons. The summed E-state index contributed by atoms with van der Waals surface area (Å²) in [7, 11) is 0. The van der Waals surface area contributed by atoms with Gasteiger partial charge in [-0.05, 0) is 72.0 Å². The molecule has 1 fully saturated rings. The van der Waals surface area contributed by atoms with Crippen LogP contribution in [0.25, 0.3) is 0 Å². The first-order valence-corrected chi connectivity index (χ1v) is 7.79. The van der Waals surface area contributed by atoms with E-state index in [1.54, 1.807) is 0 Å². The maximum atomic E-state index is 12.1. The van der Waals surface area contributed by atoms with Crippen molar-refractivity contribution in [2.24, 2.45) is 5.92 Å². The highest BCUT2D eigenvalue weighted by molar-refractivity contribution is 14.1. The summed E-state index contributed by atoms with van der Waals surface area (Å²) in [6, 6.07) is 8.11. The number of halogens is 1. The van der Waals surface area contributed by atoms with Gasteiger partial charge in [0.2, 0.25) is 0 Å². The first-order chi connectivity index (χ1) is 8.65. The van der Waals surface area contributed by atoms with Crippen LogP contribution in [0.5, 0.6) is 0 Å². The van der Waals surface area contributed by atoms with Crippen molar-refractivity contribution in [1.82, 2.24) is 5.32 Å². The lowest BCUT2D eigenvalue weighted by atomic mass is 10.0. The number of hydrogen-bond acceptors (Lipinski definition) is 1. The largest absolute Gasteiger partial charge is 0.349 e. The molecule has 0 heterocycles. The summed E-state index contributed by atoms with van der Waals surface area (Å²) in [4.78, 5) is 12.1. The van der Waals surface area contributed by atoms with Crippen molar-refractivity contribution in [1.29, 1.82) is 0 Å². The van der Waals surface area contributed by atoms with Gasteiger partial charge in [0.15, 0.2) is 0 Å². The molecular weight excluding hydrogens is 337 g/mol. The lowest BCUT2D eigenvalue weighted by Crippen LogP contribution is -2.34. The topological polar surface area (TPSA) is 29.1 Å². The van der Waals surface area contributed by atoms with E-state index in [-0.39, 0.29) is 5.91 Å². The van der Waals surface area contributed by atoms with Gasteiger partial charge in [0.1, 0.15) is 0 Å². The molecule has 2 nitrogen and oxygen atoms in total. The number of nitrogens with one attached hydrogen (secondary N) is 1. The Morgan fingerprint density at radius 2 is 1.89 bits per heavy atom. The van der Waals surface area contributed by atoms with Crippen LogP contribution < -0.4 is 5.32 Å². The van der Waals surface area contributed by atoms with Gasteiger partial charge in [-0.25, -0.2) is 0 Å². The van der Waals surface area contributed by atoms with Gasteiger partial charge >= 0.3 is 0 Å². The van der Waals surface area contributed by atoms with Crippen molar-refractivity contribution in [2.45, 2.75) is 45.1 Å². The van der Waals surface area contributed by atoms with Crippen molar-refractivity contribution >= 4 is 28.5 Å². The van der Waals surface area contributed by atoms with Gasteiger partial charge in [-0.1, -0.05) is 19.8 Å². The second kappa shape index (κ2) is 6.55. The van der Waals surface area contributed by atoms with E-state index in [0.717, 1.165) is 27.9 Å². The average Bonchev–Trinajstić information content (AvgIpc) is 2.55. The number of carbonyl (C=O) groups is 1. The fourth-order valence-corrected chi connectivity index (χ4v) is 2.86. The van der Waals surface area contributed by atoms with Crippen LogP contribution in [0.2, 0.25) is 0 Å². The molecule has 0 spiro atoms. The highest BCUT2D eigenvalue weighted by atomic mass is 127. The summed E-state index contributed by atoms with van der Waals surface area (Å²) in [6.07, 6.45) is 6.02. The Labute approximate surface area is 123 Å². The van der Waals surface area contributed by atoms with Gasteiger partial charge in [0, 0.05) is 15.2 Å². The molecule has 2 unspecified atom stereocenters. The zero-order chi connectivity index (χ0) is 13.0. The fourth-order valence-electron chi connectivity index (χ4n) is 2.50. The molecule has 1 aromatic carbocycles. The molecule has 0 aliphatic heterocycles. The summed E-state index contributed by atoms with van der Waals surface area (Å²) >= 11 is 2.25. The smallest absolute Gasteiger partial charge is 0.251 e. The van der Waals surface area contributed by atoms with Gasteiger partial charge in [-0.2, -0.15) is 0 Å². The molecule has 1 saturated carbocycles. The molecule has 0 bridgehead atoms. The van der Waals surface area contributed by atoms with Crippen molar-refractivity contribution in [3.63, 3.8) is 0 Å². The van der Waals surface area contributed by atoms with E-state index < -0.39 is 0 Å². The van der Waals surface area contributed by atoms with Crippen LogP contribution >= 0.6 is 22.6 Å². The lowest BCUT2D eigenvalue weighted by Gasteiger charge is -2.16. The van der Waals surface area contributed by atoms with E-state index in [2.05, 4.69) is 34.8 Å². The monoisotopic (exact) mass is 357 g/mol.